The van der Waals surface area contributed by atoms with E-state index in [1.165, 1.54) is 13.0 Å². The zero-order chi connectivity index (χ0) is 20.2. The lowest BCUT2D eigenvalue weighted by atomic mass is 10.1. The quantitative estimate of drug-likeness (QED) is 0.678. The van der Waals surface area contributed by atoms with Gasteiger partial charge in [0.15, 0.2) is 5.69 Å². The van der Waals surface area contributed by atoms with Crippen molar-refractivity contribution in [3.8, 4) is 5.75 Å². The molecule has 4 nitrogen and oxygen atoms in total. The number of hydrogen-bond acceptors (Lipinski definition) is 3. The predicted molar refractivity (Wildman–Crippen MR) is 98.2 cm³/mol. The van der Waals surface area contributed by atoms with Gasteiger partial charge in [0.05, 0.1) is 6.61 Å². The molecule has 0 unspecified atom stereocenters. The molecule has 0 bridgehead atoms. The molecule has 1 heterocycles. The molecule has 0 saturated carbocycles. The van der Waals surface area contributed by atoms with Crippen molar-refractivity contribution in [2.45, 2.75) is 46.7 Å². The number of nitrogens with zero attached hydrogens (tertiary/aromatic N) is 1. The van der Waals surface area contributed by atoms with Gasteiger partial charge in [-0.1, -0.05) is 25.5 Å². The van der Waals surface area contributed by atoms with Crippen LogP contribution in [0.4, 0.5) is 18.9 Å². The van der Waals surface area contributed by atoms with Crippen LogP contribution >= 0.6 is 0 Å². The standard InChI is InChI=1S/C20H23F3N2O2/c1-5-6-10-27-16-11-13(3)24-18(20(21,22)23)17(16)19(26)25-15-9-7-8-12(2)14(15)4/h7-9,11H,5-6,10H2,1-4H3,(H,25,26). The lowest BCUT2D eigenvalue weighted by molar-refractivity contribution is -0.141. The van der Waals surface area contributed by atoms with E-state index in [0.717, 1.165) is 17.5 Å². The summed E-state index contributed by atoms with van der Waals surface area (Å²) >= 11 is 0. The highest BCUT2D eigenvalue weighted by Gasteiger charge is 2.39. The van der Waals surface area contributed by atoms with E-state index in [2.05, 4.69) is 10.3 Å². The number of nitrogens with one attached hydrogen (secondary N) is 1. The van der Waals surface area contributed by atoms with E-state index >= 15 is 0 Å². The molecular weight excluding hydrogens is 357 g/mol. The number of ether oxygens (including phenoxy) is 1. The van der Waals surface area contributed by atoms with E-state index in [1.54, 1.807) is 19.1 Å². The number of carbonyl (C=O) groups excluding carboxylic acids is 1. The van der Waals surface area contributed by atoms with Gasteiger partial charge < -0.3 is 10.1 Å². The van der Waals surface area contributed by atoms with Gasteiger partial charge in [0.25, 0.3) is 5.91 Å². The molecule has 7 heteroatoms. The Balaban J connectivity index is 2.50. The first kappa shape index (κ1) is 20.7. The van der Waals surface area contributed by atoms with Crippen LogP contribution < -0.4 is 10.1 Å². The van der Waals surface area contributed by atoms with Crippen molar-refractivity contribution in [2.24, 2.45) is 0 Å². The second-order valence-electron chi connectivity index (χ2n) is 6.39. The third-order valence-corrected chi connectivity index (χ3v) is 4.22. The number of amides is 1. The Morgan fingerprint density at radius 3 is 2.56 bits per heavy atom. The van der Waals surface area contributed by atoms with Crippen LogP contribution in [0, 0.1) is 20.8 Å². The molecule has 0 saturated heterocycles. The number of alkyl halides is 3. The maximum atomic E-state index is 13.5. The van der Waals surface area contributed by atoms with E-state index in [1.807, 2.05) is 19.9 Å². The summed E-state index contributed by atoms with van der Waals surface area (Å²) in [4.78, 5) is 16.3. The van der Waals surface area contributed by atoms with Crippen LogP contribution in [0.5, 0.6) is 5.75 Å². The first-order valence-corrected chi connectivity index (χ1v) is 8.74. The smallest absolute Gasteiger partial charge is 0.434 e. The zero-order valence-corrected chi connectivity index (χ0v) is 15.8. The molecule has 0 spiro atoms. The number of aryl methyl sites for hydroxylation is 2. The predicted octanol–water partition coefficient (Wildman–Crippen LogP) is 5.46. The Kier molecular flexibility index (Phi) is 6.46. The number of carbonyl (C=O) groups is 1. The maximum absolute atomic E-state index is 13.5. The molecule has 2 aromatic rings. The van der Waals surface area contributed by atoms with Crippen molar-refractivity contribution in [3.63, 3.8) is 0 Å². The normalized spacial score (nSPS) is 11.4. The molecule has 1 N–H and O–H groups in total. The largest absolute Gasteiger partial charge is 0.493 e. The van der Waals surface area contributed by atoms with Gasteiger partial charge in [-0.3, -0.25) is 4.79 Å². The Morgan fingerprint density at radius 1 is 1.22 bits per heavy atom. The monoisotopic (exact) mass is 380 g/mol. The van der Waals surface area contributed by atoms with Crippen LogP contribution in [-0.2, 0) is 6.18 Å². The zero-order valence-electron chi connectivity index (χ0n) is 15.8. The minimum absolute atomic E-state index is 0.105. The fourth-order valence-corrected chi connectivity index (χ4v) is 2.58. The number of benzene rings is 1. The molecule has 1 aromatic carbocycles. The number of pyridine rings is 1. The van der Waals surface area contributed by atoms with Crippen molar-refractivity contribution < 1.29 is 22.7 Å². The molecule has 0 atom stereocenters. The van der Waals surface area contributed by atoms with Crippen molar-refractivity contribution in [1.29, 1.82) is 0 Å². The molecular formula is C20H23F3N2O2. The number of anilines is 1. The summed E-state index contributed by atoms with van der Waals surface area (Å²) in [6, 6.07) is 6.60. The first-order chi connectivity index (χ1) is 12.6. The lowest BCUT2D eigenvalue weighted by Gasteiger charge is -2.18. The van der Waals surface area contributed by atoms with Crippen LogP contribution in [-0.4, -0.2) is 17.5 Å². The van der Waals surface area contributed by atoms with Crippen molar-refractivity contribution >= 4 is 11.6 Å². The van der Waals surface area contributed by atoms with Gasteiger partial charge in [-0.2, -0.15) is 13.2 Å². The fraction of sp³-hybridized carbons (Fsp3) is 0.400. The van der Waals surface area contributed by atoms with Crippen LogP contribution in [0.3, 0.4) is 0 Å². The first-order valence-electron chi connectivity index (χ1n) is 8.74. The molecule has 0 radical (unpaired) electrons. The summed E-state index contributed by atoms with van der Waals surface area (Å²) in [7, 11) is 0. The summed E-state index contributed by atoms with van der Waals surface area (Å²) < 4.78 is 46.1. The lowest BCUT2D eigenvalue weighted by Crippen LogP contribution is -2.23. The van der Waals surface area contributed by atoms with Gasteiger partial charge in [0.2, 0.25) is 0 Å². The minimum Gasteiger partial charge on any atom is -0.493 e. The number of aromatic nitrogens is 1. The molecule has 0 aliphatic carbocycles. The summed E-state index contributed by atoms with van der Waals surface area (Å²) in [5.74, 6) is -0.999. The summed E-state index contributed by atoms with van der Waals surface area (Å²) in [5.41, 5.74) is 0.463. The van der Waals surface area contributed by atoms with Gasteiger partial charge in [0, 0.05) is 17.4 Å². The molecule has 1 aromatic heterocycles. The Bertz CT molecular complexity index is 833. The fourth-order valence-electron chi connectivity index (χ4n) is 2.58. The molecule has 2 rings (SSSR count). The minimum atomic E-state index is -4.77. The second-order valence-corrected chi connectivity index (χ2v) is 6.39. The summed E-state index contributed by atoms with van der Waals surface area (Å²) in [6.45, 7) is 7.26. The maximum Gasteiger partial charge on any atom is 0.434 e. The van der Waals surface area contributed by atoms with Gasteiger partial charge >= 0.3 is 6.18 Å². The second kappa shape index (κ2) is 8.41. The third-order valence-electron chi connectivity index (χ3n) is 4.22. The molecule has 27 heavy (non-hydrogen) atoms. The SMILES string of the molecule is CCCCOc1cc(C)nc(C(F)(F)F)c1C(=O)Nc1cccc(C)c1C. The Morgan fingerprint density at radius 2 is 1.93 bits per heavy atom. The van der Waals surface area contributed by atoms with Gasteiger partial charge in [0.1, 0.15) is 11.3 Å². The molecule has 146 valence electrons. The van der Waals surface area contributed by atoms with Gasteiger partial charge in [-0.05, 0) is 44.4 Å². The van der Waals surface area contributed by atoms with Gasteiger partial charge in [-0.15, -0.1) is 0 Å². The van der Waals surface area contributed by atoms with Gasteiger partial charge in [-0.25, -0.2) is 4.98 Å². The highest BCUT2D eigenvalue weighted by Crippen LogP contribution is 2.36. The van der Waals surface area contributed by atoms with E-state index in [4.69, 9.17) is 4.74 Å². The Hall–Kier alpha value is -2.57. The number of halogens is 3. The topological polar surface area (TPSA) is 51.2 Å². The van der Waals surface area contributed by atoms with Crippen LogP contribution in [0.1, 0.15) is 52.6 Å². The van der Waals surface area contributed by atoms with Crippen LogP contribution in [0.2, 0.25) is 0 Å². The molecule has 1 amide bonds. The van der Waals surface area contributed by atoms with Crippen molar-refractivity contribution in [3.05, 3.63) is 52.3 Å². The number of unbranched alkanes of at least 4 members (excludes halogenated alkanes) is 1. The molecule has 0 fully saturated rings. The molecule has 0 aliphatic heterocycles. The van der Waals surface area contributed by atoms with Crippen LogP contribution in [0.15, 0.2) is 24.3 Å². The highest BCUT2D eigenvalue weighted by atomic mass is 19.4. The van der Waals surface area contributed by atoms with Crippen molar-refractivity contribution in [2.75, 3.05) is 11.9 Å². The highest BCUT2D eigenvalue weighted by molar-refractivity contribution is 6.07. The number of rotatable bonds is 6. The van der Waals surface area contributed by atoms with E-state index < -0.39 is 23.3 Å². The van der Waals surface area contributed by atoms with Crippen molar-refractivity contribution in [1.82, 2.24) is 4.98 Å². The molecule has 0 aliphatic rings. The van der Waals surface area contributed by atoms with Crippen LogP contribution in [0.25, 0.3) is 0 Å². The average Bonchev–Trinajstić information content (AvgIpc) is 2.58. The third kappa shape index (κ3) is 4.99. The summed E-state index contributed by atoms with van der Waals surface area (Å²) in [6.07, 6.45) is -3.29. The Labute approximate surface area is 156 Å². The van der Waals surface area contributed by atoms with E-state index in [9.17, 15) is 18.0 Å². The van der Waals surface area contributed by atoms with E-state index in [-0.39, 0.29) is 18.1 Å². The summed E-state index contributed by atoms with van der Waals surface area (Å²) in [5, 5.41) is 2.57. The number of hydrogen-bond donors (Lipinski definition) is 1. The average molecular weight is 380 g/mol. The van der Waals surface area contributed by atoms with E-state index in [0.29, 0.717) is 12.1 Å².